The van der Waals surface area contributed by atoms with Crippen LogP contribution in [-0.4, -0.2) is 22.3 Å². The summed E-state index contributed by atoms with van der Waals surface area (Å²) in [7, 11) is 0. The van der Waals surface area contributed by atoms with Crippen molar-refractivity contribution in [3.05, 3.63) is 63.2 Å². The number of halogens is 1. The Morgan fingerprint density at radius 1 is 1.40 bits per heavy atom. The number of hydrogen-bond acceptors (Lipinski definition) is 4. The van der Waals surface area contributed by atoms with Gasteiger partial charge < -0.3 is 0 Å². The summed E-state index contributed by atoms with van der Waals surface area (Å²) in [6.45, 7) is 4.03. The minimum atomic E-state index is -0.302. The lowest BCUT2D eigenvalue weighted by molar-refractivity contribution is 0.0954. The molecular weight excluding hydrogens is 339 g/mol. The number of carbonyl (C=O) groups excluding carboxylic acids is 1. The maximum Gasteiger partial charge on any atom is 0.272 e. The molecule has 25 heavy (non-hydrogen) atoms. The average molecular weight is 356 g/mol. The van der Waals surface area contributed by atoms with E-state index < -0.39 is 0 Å². The van der Waals surface area contributed by atoms with Crippen molar-refractivity contribution >= 4 is 23.5 Å². The first-order valence-corrected chi connectivity index (χ1v) is 8.67. The third-order valence-corrected chi connectivity index (χ3v) is 4.83. The zero-order chi connectivity index (χ0) is 17.8. The molecule has 0 aliphatic carbocycles. The van der Waals surface area contributed by atoms with Crippen molar-refractivity contribution in [2.75, 3.05) is 0 Å². The second-order valence-corrected chi connectivity index (χ2v) is 6.53. The molecule has 1 aromatic carbocycles. The van der Waals surface area contributed by atoms with E-state index in [1.165, 1.54) is 18.3 Å². The molecule has 0 atom stereocenters. The number of H-pyrrole nitrogens is 1. The fourth-order valence-corrected chi connectivity index (χ4v) is 3.51. The fraction of sp³-hybridized carbons (Fsp3) is 0.167. The van der Waals surface area contributed by atoms with Crippen molar-refractivity contribution in [3.63, 3.8) is 0 Å². The number of benzene rings is 1. The molecule has 0 spiro atoms. The third-order valence-electron chi connectivity index (χ3n) is 3.87. The Kier molecular flexibility index (Phi) is 5.04. The van der Waals surface area contributed by atoms with Crippen molar-refractivity contribution in [1.82, 2.24) is 15.6 Å². The van der Waals surface area contributed by atoms with Gasteiger partial charge in [-0.25, -0.2) is 9.82 Å². The zero-order valence-corrected chi connectivity index (χ0v) is 14.7. The minimum Gasteiger partial charge on any atom is -0.277 e. The number of aromatic amines is 1. The van der Waals surface area contributed by atoms with E-state index in [-0.39, 0.29) is 11.7 Å². The van der Waals surface area contributed by atoms with Crippen LogP contribution in [0.25, 0.3) is 11.3 Å². The Hall–Kier alpha value is -2.80. The first-order chi connectivity index (χ1) is 12.1. The van der Waals surface area contributed by atoms with Crippen LogP contribution in [0.1, 0.15) is 33.3 Å². The number of rotatable bonds is 5. The van der Waals surface area contributed by atoms with Crippen LogP contribution in [0.2, 0.25) is 0 Å². The van der Waals surface area contributed by atoms with Gasteiger partial charge in [-0.3, -0.25) is 9.89 Å². The number of aryl methyl sites for hydroxylation is 1. The standard InChI is InChI=1S/C18H17FN4OS/c1-3-15-11(2)25-10-16(15)18(24)23-21-9-13-8-20-22-17(13)12-4-6-14(19)7-5-12/h4-10H,3H2,1-2H3,(H,20,22)(H,23,24)/b21-9-. The minimum absolute atomic E-state index is 0.232. The molecule has 2 aromatic heterocycles. The smallest absolute Gasteiger partial charge is 0.272 e. The van der Waals surface area contributed by atoms with Gasteiger partial charge in [-0.05, 0) is 43.2 Å². The van der Waals surface area contributed by atoms with Crippen molar-refractivity contribution in [2.45, 2.75) is 20.3 Å². The number of carbonyl (C=O) groups is 1. The van der Waals surface area contributed by atoms with E-state index in [1.807, 2.05) is 19.2 Å². The molecule has 0 bridgehead atoms. The Morgan fingerprint density at radius 2 is 2.16 bits per heavy atom. The van der Waals surface area contributed by atoms with Gasteiger partial charge in [0.1, 0.15) is 5.82 Å². The largest absolute Gasteiger partial charge is 0.277 e. The van der Waals surface area contributed by atoms with Crippen LogP contribution in [0.15, 0.2) is 40.9 Å². The van der Waals surface area contributed by atoms with Gasteiger partial charge in [-0.2, -0.15) is 10.2 Å². The lowest BCUT2D eigenvalue weighted by Gasteiger charge is -2.02. The highest BCUT2D eigenvalue weighted by Gasteiger charge is 2.13. The topological polar surface area (TPSA) is 70.1 Å². The van der Waals surface area contributed by atoms with E-state index in [0.717, 1.165) is 22.4 Å². The molecule has 0 radical (unpaired) electrons. The number of thiophene rings is 1. The van der Waals surface area contributed by atoms with Gasteiger partial charge >= 0.3 is 0 Å². The predicted octanol–water partition coefficient (Wildman–Crippen LogP) is 3.91. The highest BCUT2D eigenvalue weighted by atomic mass is 32.1. The highest BCUT2D eigenvalue weighted by molar-refractivity contribution is 7.10. The van der Waals surface area contributed by atoms with Gasteiger partial charge in [-0.15, -0.1) is 11.3 Å². The maximum atomic E-state index is 13.0. The van der Waals surface area contributed by atoms with Crippen LogP contribution >= 0.6 is 11.3 Å². The third kappa shape index (κ3) is 3.66. The van der Waals surface area contributed by atoms with Gasteiger partial charge in [0.05, 0.1) is 23.7 Å². The van der Waals surface area contributed by atoms with E-state index in [4.69, 9.17) is 0 Å². The summed E-state index contributed by atoms with van der Waals surface area (Å²) >= 11 is 1.56. The van der Waals surface area contributed by atoms with Gasteiger partial charge in [0.15, 0.2) is 0 Å². The molecule has 1 amide bonds. The van der Waals surface area contributed by atoms with Gasteiger partial charge in [0.2, 0.25) is 0 Å². The molecule has 5 nitrogen and oxygen atoms in total. The number of amides is 1. The SMILES string of the molecule is CCc1c(C(=O)N/N=C\c2cn[nH]c2-c2ccc(F)cc2)csc1C. The summed E-state index contributed by atoms with van der Waals surface area (Å²) in [6.07, 6.45) is 3.92. The number of nitrogens with one attached hydrogen (secondary N) is 2. The van der Waals surface area contributed by atoms with E-state index in [0.29, 0.717) is 16.8 Å². The van der Waals surface area contributed by atoms with Crippen molar-refractivity contribution in [3.8, 4) is 11.3 Å². The molecule has 0 aliphatic rings. The highest BCUT2D eigenvalue weighted by Crippen LogP contribution is 2.22. The Labute approximate surface area is 148 Å². The molecule has 128 valence electrons. The molecule has 0 saturated heterocycles. The second-order valence-electron chi connectivity index (χ2n) is 5.44. The summed E-state index contributed by atoms with van der Waals surface area (Å²) < 4.78 is 13.0. The van der Waals surface area contributed by atoms with E-state index >= 15 is 0 Å². The van der Waals surface area contributed by atoms with Gasteiger partial charge in [-0.1, -0.05) is 6.92 Å². The van der Waals surface area contributed by atoms with Gasteiger partial charge in [0.25, 0.3) is 5.91 Å². The van der Waals surface area contributed by atoms with Gasteiger partial charge in [0, 0.05) is 21.4 Å². The number of aromatic nitrogens is 2. The lowest BCUT2D eigenvalue weighted by atomic mass is 10.1. The fourth-order valence-electron chi connectivity index (χ4n) is 2.57. The molecule has 0 aliphatic heterocycles. The summed E-state index contributed by atoms with van der Waals surface area (Å²) in [5, 5.41) is 12.7. The lowest BCUT2D eigenvalue weighted by Crippen LogP contribution is -2.18. The van der Waals surface area contributed by atoms with Crippen molar-refractivity contribution < 1.29 is 9.18 Å². The summed E-state index contributed by atoms with van der Waals surface area (Å²) in [6, 6.07) is 6.06. The van der Waals surface area contributed by atoms with E-state index in [2.05, 4.69) is 20.7 Å². The Morgan fingerprint density at radius 3 is 2.88 bits per heavy atom. The number of hydrazone groups is 1. The summed E-state index contributed by atoms with van der Waals surface area (Å²) in [5.74, 6) is -0.534. The Balaban J connectivity index is 1.74. The van der Waals surface area contributed by atoms with Crippen molar-refractivity contribution in [1.29, 1.82) is 0 Å². The molecule has 0 fully saturated rings. The molecule has 0 saturated carbocycles. The molecule has 0 unspecified atom stereocenters. The molecule has 7 heteroatoms. The quantitative estimate of drug-likeness (QED) is 0.537. The van der Waals surface area contributed by atoms with Crippen LogP contribution in [0.5, 0.6) is 0 Å². The van der Waals surface area contributed by atoms with Crippen LogP contribution < -0.4 is 5.43 Å². The van der Waals surface area contributed by atoms with E-state index in [1.54, 1.807) is 29.7 Å². The monoisotopic (exact) mass is 356 g/mol. The molecule has 2 heterocycles. The first-order valence-electron chi connectivity index (χ1n) is 7.79. The number of hydrogen-bond donors (Lipinski definition) is 2. The molecule has 3 rings (SSSR count). The predicted molar refractivity (Wildman–Crippen MR) is 97.5 cm³/mol. The normalized spacial score (nSPS) is 11.2. The van der Waals surface area contributed by atoms with Crippen LogP contribution in [0.3, 0.4) is 0 Å². The molecular formula is C18H17FN4OS. The first kappa shape index (κ1) is 17.0. The molecule has 3 aromatic rings. The number of nitrogens with zero attached hydrogens (tertiary/aromatic N) is 2. The zero-order valence-electron chi connectivity index (χ0n) is 13.8. The Bertz CT molecular complexity index is 912. The average Bonchev–Trinajstić information content (AvgIpc) is 3.22. The second kappa shape index (κ2) is 7.40. The van der Waals surface area contributed by atoms with E-state index in [9.17, 15) is 9.18 Å². The van der Waals surface area contributed by atoms with Crippen molar-refractivity contribution in [2.24, 2.45) is 5.10 Å². The summed E-state index contributed by atoms with van der Waals surface area (Å²) in [5.41, 5.74) is 6.45. The maximum absolute atomic E-state index is 13.0. The van der Waals surface area contributed by atoms with Crippen LogP contribution in [-0.2, 0) is 6.42 Å². The van der Waals surface area contributed by atoms with Crippen LogP contribution in [0, 0.1) is 12.7 Å². The molecule has 2 N–H and O–H groups in total. The summed E-state index contributed by atoms with van der Waals surface area (Å²) in [4.78, 5) is 13.4. The van der Waals surface area contributed by atoms with Crippen LogP contribution in [0.4, 0.5) is 4.39 Å².